The van der Waals surface area contributed by atoms with Crippen LogP contribution in [0.2, 0.25) is 0 Å². The molecule has 1 aliphatic carbocycles. The fourth-order valence-electron chi connectivity index (χ4n) is 2.98. The van der Waals surface area contributed by atoms with Crippen molar-refractivity contribution >= 4 is 0 Å². The van der Waals surface area contributed by atoms with Crippen LogP contribution in [0.1, 0.15) is 45.4 Å². The fraction of sp³-hybridized carbons (Fsp3) is 1.00. The molecule has 4 N–H and O–H groups in total. The molecular formula is C13H25F3N2O. The van der Waals surface area contributed by atoms with E-state index in [1.807, 2.05) is 6.92 Å². The molecule has 0 bridgehead atoms. The molecule has 0 aromatic rings. The van der Waals surface area contributed by atoms with Gasteiger partial charge in [0.2, 0.25) is 0 Å². The van der Waals surface area contributed by atoms with E-state index in [2.05, 4.69) is 5.32 Å². The van der Waals surface area contributed by atoms with Crippen molar-refractivity contribution in [1.82, 2.24) is 5.32 Å². The normalized spacial score (nSPS) is 30.3. The van der Waals surface area contributed by atoms with E-state index in [0.29, 0.717) is 19.3 Å². The maximum absolute atomic E-state index is 12.9. The first-order chi connectivity index (χ1) is 8.87. The lowest BCUT2D eigenvalue weighted by molar-refractivity contribution is -0.188. The van der Waals surface area contributed by atoms with E-state index in [4.69, 9.17) is 10.8 Å². The lowest BCUT2D eigenvalue weighted by atomic mass is 9.74. The molecule has 1 rings (SSSR count). The number of halogens is 3. The minimum absolute atomic E-state index is 0.0283. The second kappa shape index (κ2) is 6.90. The summed E-state index contributed by atoms with van der Waals surface area (Å²) in [6.07, 6.45) is -1.34. The first-order valence-electron chi connectivity index (χ1n) is 7.02. The van der Waals surface area contributed by atoms with Gasteiger partial charge in [-0.05, 0) is 32.1 Å². The Bertz CT molecular complexity index is 273. The standard InChI is InChI=1S/C13H25F3N2O/c1-2-11(5-7-19)18-12(9-17)6-3-4-10(8-12)13(14,15)16/h10-11,18-19H,2-9,17H2,1H3. The van der Waals surface area contributed by atoms with Crippen LogP contribution in [0.3, 0.4) is 0 Å². The van der Waals surface area contributed by atoms with Crippen LogP contribution in [0.15, 0.2) is 0 Å². The van der Waals surface area contributed by atoms with Crippen molar-refractivity contribution in [3.8, 4) is 0 Å². The van der Waals surface area contributed by atoms with E-state index in [-0.39, 0.29) is 32.0 Å². The Kier molecular flexibility index (Phi) is 6.08. The summed E-state index contributed by atoms with van der Waals surface area (Å²) in [7, 11) is 0. The molecule has 0 spiro atoms. The van der Waals surface area contributed by atoms with Crippen LogP contribution in [0.4, 0.5) is 13.2 Å². The molecule has 1 saturated carbocycles. The van der Waals surface area contributed by atoms with Gasteiger partial charge in [-0.25, -0.2) is 0 Å². The number of hydrogen-bond acceptors (Lipinski definition) is 3. The van der Waals surface area contributed by atoms with Gasteiger partial charge in [-0.15, -0.1) is 0 Å². The predicted molar refractivity (Wildman–Crippen MR) is 68.7 cm³/mol. The van der Waals surface area contributed by atoms with Crippen molar-refractivity contribution in [3.63, 3.8) is 0 Å². The molecule has 114 valence electrons. The quantitative estimate of drug-likeness (QED) is 0.700. The van der Waals surface area contributed by atoms with Gasteiger partial charge in [0.15, 0.2) is 0 Å². The third-order valence-corrected chi connectivity index (χ3v) is 4.18. The van der Waals surface area contributed by atoms with Gasteiger partial charge >= 0.3 is 6.18 Å². The number of nitrogens with one attached hydrogen (secondary N) is 1. The maximum atomic E-state index is 12.9. The molecular weight excluding hydrogens is 257 g/mol. The van der Waals surface area contributed by atoms with Gasteiger partial charge in [0.25, 0.3) is 0 Å². The number of alkyl halides is 3. The molecule has 0 aromatic carbocycles. The van der Waals surface area contributed by atoms with Crippen LogP contribution < -0.4 is 11.1 Å². The monoisotopic (exact) mass is 282 g/mol. The summed E-state index contributed by atoms with van der Waals surface area (Å²) in [6, 6.07) is 0.0283. The maximum Gasteiger partial charge on any atom is 0.391 e. The first-order valence-corrected chi connectivity index (χ1v) is 7.02. The highest BCUT2D eigenvalue weighted by Gasteiger charge is 2.47. The van der Waals surface area contributed by atoms with Crippen LogP contribution in [0.25, 0.3) is 0 Å². The second-order valence-electron chi connectivity index (χ2n) is 5.58. The van der Waals surface area contributed by atoms with Crippen molar-refractivity contribution < 1.29 is 18.3 Å². The van der Waals surface area contributed by atoms with Gasteiger partial charge in [0.1, 0.15) is 0 Å². The zero-order chi connectivity index (χ0) is 14.5. The Morgan fingerprint density at radius 2 is 2.16 bits per heavy atom. The molecule has 0 amide bonds. The van der Waals surface area contributed by atoms with E-state index in [1.165, 1.54) is 0 Å². The lowest BCUT2D eigenvalue weighted by Crippen LogP contribution is -2.58. The van der Waals surface area contributed by atoms with E-state index < -0.39 is 17.6 Å². The molecule has 3 atom stereocenters. The smallest absolute Gasteiger partial charge is 0.391 e. The van der Waals surface area contributed by atoms with E-state index in [9.17, 15) is 13.2 Å². The number of nitrogens with two attached hydrogens (primary N) is 1. The zero-order valence-electron chi connectivity index (χ0n) is 11.5. The largest absolute Gasteiger partial charge is 0.396 e. The van der Waals surface area contributed by atoms with Crippen LogP contribution in [0, 0.1) is 5.92 Å². The molecule has 6 heteroatoms. The SMILES string of the molecule is CCC(CCO)NC1(CN)CCCC(C(F)(F)F)C1. The van der Waals surface area contributed by atoms with Gasteiger partial charge in [-0.3, -0.25) is 0 Å². The van der Waals surface area contributed by atoms with Gasteiger partial charge < -0.3 is 16.2 Å². The molecule has 0 radical (unpaired) electrons. The van der Waals surface area contributed by atoms with Crippen molar-refractivity contribution in [2.75, 3.05) is 13.2 Å². The second-order valence-corrected chi connectivity index (χ2v) is 5.58. The van der Waals surface area contributed by atoms with Crippen LogP contribution in [0.5, 0.6) is 0 Å². The van der Waals surface area contributed by atoms with Gasteiger partial charge in [-0.2, -0.15) is 13.2 Å². The van der Waals surface area contributed by atoms with Gasteiger partial charge in [-0.1, -0.05) is 13.3 Å². The average molecular weight is 282 g/mol. The molecule has 0 aromatic heterocycles. The summed E-state index contributed by atoms with van der Waals surface area (Å²) in [6.45, 7) is 2.21. The molecule has 3 unspecified atom stereocenters. The fourth-order valence-corrected chi connectivity index (χ4v) is 2.98. The highest BCUT2D eigenvalue weighted by atomic mass is 19.4. The number of aliphatic hydroxyl groups is 1. The molecule has 3 nitrogen and oxygen atoms in total. The van der Waals surface area contributed by atoms with Gasteiger partial charge in [0, 0.05) is 24.7 Å². The predicted octanol–water partition coefficient (Wildman–Crippen LogP) is 2.19. The zero-order valence-corrected chi connectivity index (χ0v) is 11.5. The molecule has 0 aliphatic heterocycles. The Morgan fingerprint density at radius 1 is 1.47 bits per heavy atom. The molecule has 0 heterocycles. The van der Waals surface area contributed by atoms with Gasteiger partial charge in [0.05, 0.1) is 5.92 Å². The first kappa shape index (κ1) is 16.7. The Labute approximate surface area is 112 Å². The minimum Gasteiger partial charge on any atom is -0.396 e. The third-order valence-electron chi connectivity index (χ3n) is 4.18. The number of hydrogen-bond donors (Lipinski definition) is 3. The summed E-state index contributed by atoms with van der Waals surface area (Å²) in [5.74, 6) is -1.26. The highest BCUT2D eigenvalue weighted by molar-refractivity contribution is 4.97. The Morgan fingerprint density at radius 3 is 2.63 bits per heavy atom. The molecule has 1 aliphatic rings. The van der Waals surface area contributed by atoms with Crippen molar-refractivity contribution in [3.05, 3.63) is 0 Å². The summed E-state index contributed by atoms with van der Waals surface area (Å²) in [5.41, 5.74) is 5.12. The number of rotatable bonds is 6. The lowest BCUT2D eigenvalue weighted by Gasteiger charge is -2.43. The molecule has 19 heavy (non-hydrogen) atoms. The Balaban J connectivity index is 2.73. The van der Waals surface area contributed by atoms with E-state index >= 15 is 0 Å². The van der Waals surface area contributed by atoms with Crippen molar-refractivity contribution in [2.45, 2.75) is 63.2 Å². The highest BCUT2D eigenvalue weighted by Crippen LogP contribution is 2.41. The van der Waals surface area contributed by atoms with Crippen molar-refractivity contribution in [2.24, 2.45) is 11.7 Å². The summed E-state index contributed by atoms with van der Waals surface area (Å²) in [4.78, 5) is 0. The summed E-state index contributed by atoms with van der Waals surface area (Å²) in [5, 5.41) is 12.3. The molecule has 1 fully saturated rings. The summed E-state index contributed by atoms with van der Waals surface area (Å²) < 4.78 is 38.6. The number of aliphatic hydroxyl groups excluding tert-OH is 1. The van der Waals surface area contributed by atoms with E-state index in [0.717, 1.165) is 6.42 Å². The van der Waals surface area contributed by atoms with Crippen LogP contribution in [-0.4, -0.2) is 36.0 Å². The van der Waals surface area contributed by atoms with E-state index in [1.54, 1.807) is 0 Å². The van der Waals surface area contributed by atoms with Crippen LogP contribution in [-0.2, 0) is 0 Å². The average Bonchev–Trinajstić information content (AvgIpc) is 2.37. The summed E-state index contributed by atoms with van der Waals surface area (Å²) >= 11 is 0. The Hall–Kier alpha value is -0.330. The topological polar surface area (TPSA) is 58.3 Å². The molecule has 0 saturated heterocycles. The van der Waals surface area contributed by atoms with Crippen LogP contribution >= 0.6 is 0 Å². The van der Waals surface area contributed by atoms with Crippen molar-refractivity contribution in [1.29, 1.82) is 0 Å². The third kappa shape index (κ3) is 4.61. The minimum atomic E-state index is -4.14.